The Morgan fingerprint density at radius 2 is 1.24 bits per heavy atom. The molecule has 6 nitrogen and oxygen atoms in total. The van der Waals surface area contributed by atoms with E-state index in [1.807, 2.05) is 12.2 Å². The van der Waals surface area contributed by atoms with Crippen LogP contribution in [0.5, 0.6) is 0 Å². The van der Waals surface area contributed by atoms with E-state index in [4.69, 9.17) is 9.47 Å². The number of ketones is 2. The number of esters is 2. The Kier molecular flexibility index (Phi) is 7.57. The second-order valence-electron chi connectivity index (χ2n) is 20.1. The Balaban J connectivity index is 0.000000137. The predicted molar refractivity (Wildman–Crippen MR) is 194 cm³/mol. The molecule has 0 aromatic rings. The molecule has 0 aromatic carbocycles. The summed E-state index contributed by atoms with van der Waals surface area (Å²) in [6.45, 7) is 13.2. The van der Waals surface area contributed by atoms with Crippen LogP contribution in [0.2, 0.25) is 0 Å². The molecule has 2 spiro atoms. The lowest BCUT2D eigenvalue weighted by molar-refractivity contribution is -0.158. The monoisotopic (exact) mass is 696 g/mol. The first-order valence-corrected chi connectivity index (χ1v) is 20.8. The van der Waals surface area contributed by atoms with Crippen LogP contribution in [-0.4, -0.2) is 36.7 Å². The third-order valence-corrected chi connectivity index (χ3v) is 18.9. The van der Waals surface area contributed by atoms with Crippen molar-refractivity contribution in [3.63, 3.8) is 0 Å². The van der Waals surface area contributed by atoms with Crippen molar-refractivity contribution in [2.45, 2.75) is 131 Å². The number of rotatable bonds is 0. The summed E-state index contributed by atoms with van der Waals surface area (Å²) in [6.07, 6.45) is 23.8. The topological polar surface area (TPSA) is 86.7 Å². The van der Waals surface area contributed by atoms with Crippen molar-refractivity contribution >= 4 is 23.5 Å². The van der Waals surface area contributed by atoms with Gasteiger partial charge in [0.25, 0.3) is 0 Å². The molecule has 0 N–H and O–H groups in total. The smallest absolute Gasteiger partial charge is 0.312 e. The van der Waals surface area contributed by atoms with Crippen LogP contribution in [0.3, 0.4) is 0 Å². The summed E-state index contributed by atoms with van der Waals surface area (Å²) in [4.78, 5) is 49.3. The highest BCUT2D eigenvalue weighted by Gasteiger charge is 2.70. The first-order valence-electron chi connectivity index (χ1n) is 20.8. The van der Waals surface area contributed by atoms with E-state index >= 15 is 0 Å². The molecule has 10 rings (SSSR count). The van der Waals surface area contributed by atoms with Crippen molar-refractivity contribution in [2.75, 3.05) is 13.2 Å². The maximum atomic E-state index is 12.8. The molecule has 2 heterocycles. The fraction of sp³-hybridized carbons (Fsp3) is 0.778. The summed E-state index contributed by atoms with van der Waals surface area (Å²) in [5.41, 5.74) is 2.82. The number of hydrogen-bond donors (Lipinski definition) is 0. The fourth-order valence-corrected chi connectivity index (χ4v) is 16.0. The third kappa shape index (κ3) is 4.34. The highest BCUT2D eigenvalue weighted by atomic mass is 16.5. The molecule has 6 heteroatoms. The second kappa shape index (κ2) is 11.3. The van der Waals surface area contributed by atoms with Gasteiger partial charge in [-0.15, -0.1) is 0 Å². The minimum absolute atomic E-state index is 0.0457. The summed E-state index contributed by atoms with van der Waals surface area (Å²) < 4.78 is 11.0. The molecule has 6 saturated carbocycles. The second-order valence-corrected chi connectivity index (χ2v) is 20.1. The Labute approximate surface area is 305 Å². The molecule has 8 fully saturated rings. The van der Waals surface area contributed by atoms with Gasteiger partial charge in [-0.1, -0.05) is 51.8 Å². The van der Waals surface area contributed by atoms with E-state index < -0.39 is 0 Å². The van der Waals surface area contributed by atoms with Gasteiger partial charge in [0, 0.05) is 11.8 Å². The van der Waals surface area contributed by atoms with Crippen molar-refractivity contribution < 1.29 is 28.7 Å². The first-order chi connectivity index (χ1) is 24.2. The van der Waals surface area contributed by atoms with Crippen molar-refractivity contribution in [1.29, 1.82) is 0 Å². The summed E-state index contributed by atoms with van der Waals surface area (Å²) in [5, 5.41) is 0. The third-order valence-electron chi connectivity index (χ3n) is 18.9. The van der Waals surface area contributed by atoms with Crippen molar-refractivity contribution in [3.05, 3.63) is 35.5 Å². The number of carbonyl (C=O) groups is 4. The van der Waals surface area contributed by atoms with Crippen LogP contribution in [0.15, 0.2) is 35.5 Å². The minimum Gasteiger partial charge on any atom is -0.465 e. The molecule has 0 amide bonds. The van der Waals surface area contributed by atoms with Gasteiger partial charge in [-0.25, -0.2) is 0 Å². The lowest BCUT2D eigenvalue weighted by atomic mass is 9.43. The average molecular weight is 697 g/mol. The number of cyclic esters (lactones) is 2. The largest absolute Gasteiger partial charge is 0.465 e. The number of fused-ring (bicyclic) bond motifs is 12. The van der Waals surface area contributed by atoms with Crippen LogP contribution >= 0.6 is 0 Å². The normalized spacial score (nSPS) is 52.0. The van der Waals surface area contributed by atoms with Gasteiger partial charge in [0.2, 0.25) is 0 Å². The Morgan fingerprint density at radius 3 is 1.88 bits per heavy atom. The van der Waals surface area contributed by atoms with Gasteiger partial charge in [0.05, 0.1) is 24.0 Å². The Bertz CT molecular complexity index is 1670. The zero-order valence-corrected chi connectivity index (χ0v) is 31.8. The molecule has 0 aromatic heterocycles. The molecule has 51 heavy (non-hydrogen) atoms. The van der Waals surface area contributed by atoms with Crippen molar-refractivity contribution in [1.82, 2.24) is 0 Å². The number of allylic oxidation sites excluding steroid dienone is 5. The molecule has 8 aliphatic carbocycles. The van der Waals surface area contributed by atoms with E-state index in [0.717, 1.165) is 64.2 Å². The van der Waals surface area contributed by atoms with Crippen LogP contribution in [0.25, 0.3) is 0 Å². The van der Waals surface area contributed by atoms with E-state index in [1.165, 1.54) is 43.3 Å². The average Bonchev–Trinajstić information content (AvgIpc) is 3.84. The number of carbonyl (C=O) groups excluding carboxylic acids is 4. The molecule has 276 valence electrons. The molecule has 8 unspecified atom stereocenters. The molecular weight excluding hydrogens is 636 g/mol. The summed E-state index contributed by atoms with van der Waals surface area (Å²) in [7, 11) is 0. The minimum atomic E-state index is -0.210. The highest BCUT2D eigenvalue weighted by Crippen LogP contribution is 2.73. The van der Waals surface area contributed by atoms with Gasteiger partial charge < -0.3 is 9.47 Å². The Morgan fingerprint density at radius 1 is 0.627 bits per heavy atom. The fourth-order valence-electron chi connectivity index (χ4n) is 16.0. The molecule has 2 saturated heterocycles. The van der Waals surface area contributed by atoms with Gasteiger partial charge in [-0.2, -0.15) is 0 Å². The van der Waals surface area contributed by atoms with E-state index in [0.29, 0.717) is 60.4 Å². The number of ether oxygens (including phenoxy) is 2. The lowest BCUT2D eigenvalue weighted by Gasteiger charge is -2.61. The highest BCUT2D eigenvalue weighted by molar-refractivity contribution is 6.01. The van der Waals surface area contributed by atoms with Gasteiger partial charge in [-0.05, 0) is 166 Å². The van der Waals surface area contributed by atoms with E-state index in [9.17, 15) is 19.2 Å². The van der Waals surface area contributed by atoms with Crippen LogP contribution in [0.4, 0.5) is 0 Å². The first kappa shape index (κ1) is 34.3. The van der Waals surface area contributed by atoms with E-state index in [-0.39, 0.29) is 50.2 Å². The Hall–Kier alpha value is -2.50. The zero-order chi connectivity index (χ0) is 35.8. The van der Waals surface area contributed by atoms with Gasteiger partial charge >= 0.3 is 11.9 Å². The molecule has 0 radical (unpaired) electrons. The van der Waals surface area contributed by atoms with Crippen LogP contribution < -0.4 is 0 Å². The molecule has 13 atom stereocenters. The molecule has 2 aliphatic heterocycles. The molecule has 10 aliphatic rings. The van der Waals surface area contributed by atoms with E-state index in [1.54, 1.807) is 6.08 Å². The van der Waals surface area contributed by atoms with Crippen LogP contribution in [-0.2, 0) is 28.7 Å². The van der Waals surface area contributed by atoms with Gasteiger partial charge in [0.1, 0.15) is 0 Å². The molecule has 0 bridgehead atoms. The summed E-state index contributed by atoms with van der Waals surface area (Å²) in [5.74, 6) is 5.20. The quantitative estimate of drug-likeness (QED) is 0.235. The summed E-state index contributed by atoms with van der Waals surface area (Å²) in [6, 6.07) is 0. The lowest BCUT2D eigenvalue weighted by Crippen LogP contribution is -2.55. The van der Waals surface area contributed by atoms with Gasteiger partial charge in [-0.3, -0.25) is 19.2 Å². The molecular formula is C45H60O6. The number of hydrogen-bond acceptors (Lipinski definition) is 6. The van der Waals surface area contributed by atoms with Gasteiger partial charge in [0.15, 0.2) is 11.6 Å². The predicted octanol–water partition coefficient (Wildman–Crippen LogP) is 8.93. The maximum absolute atomic E-state index is 12.8. The van der Waals surface area contributed by atoms with E-state index in [2.05, 4.69) is 40.7 Å². The maximum Gasteiger partial charge on any atom is 0.312 e. The standard InChI is InChI=1S/C23H32O3.C22H28O3/c1-14-12-15-13-16(24)4-7-21(15,2)17-5-8-22(3)18(19(14)17)6-9-23(22)10-11-26-20(23)25;1-20-8-5-15(23)13-14(20)3-4-16-17(20)6-9-21(2)18(16)7-10-22(21)11-12-25-19(22)24/h13-14,17-19H,4-12H2,1-3H3;5,8,13,16-18H,3-4,6-7,9-12H2,1-2H3/t14-,17+,18?,19?,21?,22?,23+;16?,17-,18?,20?,21?,22-/m10/s1. The van der Waals surface area contributed by atoms with Crippen molar-refractivity contribution in [2.24, 2.45) is 73.9 Å². The van der Waals surface area contributed by atoms with Crippen LogP contribution in [0.1, 0.15) is 131 Å². The zero-order valence-electron chi connectivity index (χ0n) is 31.8. The SMILES string of the molecule is CC12C=CC(=O)C=C1CCC1C3CC[C@@]4(CCOC4=O)C3(C)CC[C@@H]12.C[C@@H]1CC2=CC(=O)CCC2(C)[C@H]2CCC3(C)C(CC[C@@]34CCOC4=O)C12. The van der Waals surface area contributed by atoms with Crippen LogP contribution in [0, 0.1) is 73.9 Å². The summed E-state index contributed by atoms with van der Waals surface area (Å²) >= 11 is 0. The van der Waals surface area contributed by atoms with Crippen molar-refractivity contribution in [3.8, 4) is 0 Å².